The van der Waals surface area contributed by atoms with Gasteiger partial charge in [0.1, 0.15) is 4.88 Å². The van der Waals surface area contributed by atoms with Crippen LogP contribution in [0, 0.1) is 13.8 Å². The van der Waals surface area contributed by atoms with E-state index >= 15 is 0 Å². The summed E-state index contributed by atoms with van der Waals surface area (Å²) in [7, 11) is 0. The zero-order valence-electron chi connectivity index (χ0n) is 16.3. The fraction of sp³-hybridized carbons (Fsp3) is 0.304. The number of carbonyl (C=O) groups is 1. The van der Waals surface area contributed by atoms with E-state index in [0.717, 1.165) is 41.8 Å². The molecule has 1 aliphatic heterocycles. The maximum absolute atomic E-state index is 12.9. The lowest BCUT2D eigenvalue weighted by Gasteiger charge is -2.39. The number of amides is 1. The van der Waals surface area contributed by atoms with Crippen molar-refractivity contribution in [2.75, 3.05) is 26.2 Å². The molecule has 4 rings (SSSR count). The van der Waals surface area contributed by atoms with Crippen LogP contribution in [0.5, 0.6) is 0 Å². The molecule has 0 N–H and O–H groups in total. The van der Waals surface area contributed by atoms with Crippen LogP contribution in [0.2, 0.25) is 0 Å². The maximum atomic E-state index is 12.9. The van der Waals surface area contributed by atoms with Crippen molar-refractivity contribution in [1.82, 2.24) is 14.8 Å². The van der Waals surface area contributed by atoms with E-state index in [9.17, 15) is 4.79 Å². The van der Waals surface area contributed by atoms with Gasteiger partial charge in [0.15, 0.2) is 0 Å². The van der Waals surface area contributed by atoms with E-state index in [1.54, 1.807) is 0 Å². The standard InChI is InChI=1S/C23H25N3OS/c1-17-22(28-18(2)24-17)23(27)26-15-13-25(14-16-26)21(19-9-5-3-6-10-19)20-11-7-4-8-12-20/h3-12,21H,13-16H2,1-2H3. The SMILES string of the molecule is Cc1nc(C)c(C(=O)N2CCN(C(c3ccccc3)c3ccccc3)CC2)s1. The first-order valence-corrected chi connectivity index (χ1v) is 10.5. The minimum absolute atomic E-state index is 0.124. The van der Waals surface area contributed by atoms with Crippen LogP contribution < -0.4 is 0 Å². The zero-order valence-corrected chi connectivity index (χ0v) is 17.2. The Bertz CT molecular complexity index is 891. The first kappa shape index (κ1) is 18.8. The minimum Gasteiger partial charge on any atom is -0.335 e. The van der Waals surface area contributed by atoms with Gasteiger partial charge in [0.05, 0.1) is 16.7 Å². The van der Waals surface area contributed by atoms with Crippen molar-refractivity contribution in [3.8, 4) is 0 Å². The maximum Gasteiger partial charge on any atom is 0.265 e. The fourth-order valence-corrected chi connectivity index (χ4v) is 4.83. The third-order valence-electron chi connectivity index (χ3n) is 5.30. The van der Waals surface area contributed by atoms with Crippen LogP contribution in [-0.4, -0.2) is 46.9 Å². The summed E-state index contributed by atoms with van der Waals surface area (Å²) in [6.07, 6.45) is 0. The molecule has 28 heavy (non-hydrogen) atoms. The molecule has 0 spiro atoms. The van der Waals surface area contributed by atoms with Crippen LogP contribution >= 0.6 is 11.3 Å². The normalized spacial score (nSPS) is 15.2. The molecule has 0 saturated carbocycles. The van der Waals surface area contributed by atoms with E-state index in [1.165, 1.54) is 22.5 Å². The Labute approximate surface area is 170 Å². The molecule has 144 valence electrons. The topological polar surface area (TPSA) is 36.4 Å². The van der Waals surface area contributed by atoms with Gasteiger partial charge >= 0.3 is 0 Å². The molecule has 3 aromatic rings. The van der Waals surface area contributed by atoms with E-state index in [1.807, 2.05) is 18.7 Å². The lowest BCUT2D eigenvalue weighted by Crippen LogP contribution is -2.49. The smallest absolute Gasteiger partial charge is 0.265 e. The average molecular weight is 392 g/mol. The monoisotopic (exact) mass is 391 g/mol. The summed E-state index contributed by atoms with van der Waals surface area (Å²) in [6.45, 7) is 7.08. The molecule has 1 saturated heterocycles. The highest BCUT2D eigenvalue weighted by atomic mass is 32.1. The fourth-order valence-electron chi connectivity index (χ4n) is 3.94. The van der Waals surface area contributed by atoms with Crippen molar-refractivity contribution >= 4 is 17.2 Å². The molecule has 0 aliphatic carbocycles. The van der Waals surface area contributed by atoms with Gasteiger partial charge in [-0.3, -0.25) is 9.69 Å². The lowest BCUT2D eigenvalue weighted by molar-refractivity contribution is 0.0601. The molecule has 2 aromatic carbocycles. The number of piperazine rings is 1. The van der Waals surface area contributed by atoms with Gasteiger partial charge < -0.3 is 4.90 Å². The third kappa shape index (κ3) is 3.86. The molecule has 0 atom stereocenters. The van der Waals surface area contributed by atoms with E-state index in [-0.39, 0.29) is 11.9 Å². The number of rotatable bonds is 4. The second-order valence-corrected chi connectivity index (χ2v) is 8.40. The Morgan fingerprint density at radius 3 is 1.89 bits per heavy atom. The summed E-state index contributed by atoms with van der Waals surface area (Å²) in [6, 6.07) is 21.5. The molecule has 4 nitrogen and oxygen atoms in total. The Hall–Kier alpha value is -2.50. The lowest BCUT2D eigenvalue weighted by atomic mass is 9.96. The van der Waals surface area contributed by atoms with Crippen LogP contribution in [0.3, 0.4) is 0 Å². The zero-order chi connectivity index (χ0) is 19.5. The summed E-state index contributed by atoms with van der Waals surface area (Å²) in [5.74, 6) is 0.124. The Balaban J connectivity index is 1.52. The van der Waals surface area contributed by atoms with Gasteiger partial charge in [-0.15, -0.1) is 11.3 Å². The van der Waals surface area contributed by atoms with Crippen LogP contribution in [0.4, 0.5) is 0 Å². The van der Waals surface area contributed by atoms with Crippen molar-refractivity contribution in [3.05, 3.63) is 87.4 Å². The van der Waals surface area contributed by atoms with E-state index in [4.69, 9.17) is 0 Å². The van der Waals surface area contributed by atoms with Crippen LogP contribution in [-0.2, 0) is 0 Å². The predicted octanol–water partition coefficient (Wildman–Crippen LogP) is 4.31. The molecule has 1 fully saturated rings. The van der Waals surface area contributed by atoms with Crippen molar-refractivity contribution in [3.63, 3.8) is 0 Å². The third-order valence-corrected chi connectivity index (χ3v) is 6.36. The summed E-state index contributed by atoms with van der Waals surface area (Å²) >= 11 is 1.50. The Morgan fingerprint density at radius 1 is 0.893 bits per heavy atom. The molecule has 1 aliphatic rings. The average Bonchev–Trinajstić information content (AvgIpc) is 3.08. The van der Waals surface area contributed by atoms with Gasteiger partial charge in [-0.05, 0) is 25.0 Å². The predicted molar refractivity (Wildman–Crippen MR) is 114 cm³/mol. The minimum atomic E-state index is 0.124. The first-order valence-electron chi connectivity index (χ1n) is 9.71. The van der Waals surface area contributed by atoms with E-state index < -0.39 is 0 Å². The Morgan fingerprint density at radius 2 is 1.43 bits per heavy atom. The highest BCUT2D eigenvalue weighted by Gasteiger charge is 2.29. The second kappa shape index (κ2) is 8.25. The number of carbonyl (C=O) groups excluding carboxylic acids is 1. The molecule has 5 heteroatoms. The largest absolute Gasteiger partial charge is 0.335 e. The summed E-state index contributed by atoms with van der Waals surface area (Å²) in [5, 5.41) is 0.952. The summed E-state index contributed by atoms with van der Waals surface area (Å²) in [5.41, 5.74) is 3.44. The quantitative estimate of drug-likeness (QED) is 0.665. The van der Waals surface area contributed by atoms with Gasteiger partial charge in [0.2, 0.25) is 0 Å². The number of hydrogen-bond donors (Lipinski definition) is 0. The van der Waals surface area contributed by atoms with Gasteiger partial charge in [0.25, 0.3) is 5.91 Å². The molecule has 0 bridgehead atoms. The van der Waals surface area contributed by atoms with Gasteiger partial charge in [-0.1, -0.05) is 60.7 Å². The van der Waals surface area contributed by atoms with Crippen LogP contribution in [0.25, 0.3) is 0 Å². The molecule has 2 heterocycles. The first-order chi connectivity index (χ1) is 13.6. The number of hydrogen-bond acceptors (Lipinski definition) is 4. The summed E-state index contributed by atoms with van der Waals surface area (Å²) in [4.78, 5) is 22.6. The van der Waals surface area contributed by atoms with Crippen molar-refractivity contribution < 1.29 is 4.79 Å². The van der Waals surface area contributed by atoms with Gasteiger partial charge in [-0.2, -0.15) is 0 Å². The van der Waals surface area contributed by atoms with Crippen molar-refractivity contribution in [2.24, 2.45) is 0 Å². The van der Waals surface area contributed by atoms with Gasteiger partial charge in [-0.25, -0.2) is 4.98 Å². The van der Waals surface area contributed by atoms with Crippen LogP contribution in [0.1, 0.15) is 37.5 Å². The highest BCUT2D eigenvalue weighted by Crippen LogP contribution is 2.30. The highest BCUT2D eigenvalue weighted by molar-refractivity contribution is 7.13. The second-order valence-electron chi connectivity index (χ2n) is 7.20. The van der Waals surface area contributed by atoms with E-state index in [0.29, 0.717) is 0 Å². The Kier molecular flexibility index (Phi) is 5.55. The number of thiazole rings is 1. The van der Waals surface area contributed by atoms with Gasteiger partial charge in [0, 0.05) is 26.2 Å². The molecule has 0 unspecified atom stereocenters. The molecular formula is C23H25N3OS. The number of aromatic nitrogens is 1. The number of aryl methyl sites for hydroxylation is 2. The number of nitrogens with zero attached hydrogens (tertiary/aromatic N) is 3. The van der Waals surface area contributed by atoms with Crippen molar-refractivity contribution in [1.29, 1.82) is 0 Å². The molecule has 1 amide bonds. The molecule has 0 radical (unpaired) electrons. The summed E-state index contributed by atoms with van der Waals surface area (Å²) < 4.78 is 0. The van der Waals surface area contributed by atoms with Crippen molar-refractivity contribution in [2.45, 2.75) is 19.9 Å². The number of benzene rings is 2. The molecule has 1 aromatic heterocycles. The van der Waals surface area contributed by atoms with E-state index in [2.05, 4.69) is 70.5 Å². The molecular weight excluding hydrogens is 366 g/mol. The van der Waals surface area contributed by atoms with Crippen LogP contribution in [0.15, 0.2) is 60.7 Å².